The van der Waals surface area contributed by atoms with Crippen molar-refractivity contribution in [3.8, 4) is 0 Å². The molecule has 8 heteroatoms. The normalized spacial score (nSPS) is 10.3. The van der Waals surface area contributed by atoms with E-state index in [4.69, 9.17) is 0 Å². The molecule has 0 unspecified atom stereocenters. The molecule has 102 valence electrons. The standard InChI is InChI=1S/C11H14N4O4/c1-14(2)9-5-4-8(6-10(9)15(17)18)7-12-13-11(16)19-3/h4-7H,1-3H3,(H,13,16). The SMILES string of the molecule is COC(=O)NN=Cc1ccc(N(C)C)c([N+](=O)[O-])c1. The molecule has 1 amide bonds. The second-order valence-electron chi connectivity index (χ2n) is 3.76. The Bertz CT molecular complexity index is 513. The van der Waals surface area contributed by atoms with E-state index in [1.165, 1.54) is 19.4 Å². The van der Waals surface area contributed by atoms with Gasteiger partial charge < -0.3 is 9.64 Å². The van der Waals surface area contributed by atoms with Crippen LogP contribution in [0.3, 0.4) is 0 Å². The molecule has 8 nitrogen and oxygen atoms in total. The van der Waals surface area contributed by atoms with Crippen LogP contribution in [0.5, 0.6) is 0 Å². The van der Waals surface area contributed by atoms with Crippen molar-refractivity contribution >= 4 is 23.7 Å². The van der Waals surface area contributed by atoms with Crippen LogP contribution in [0.25, 0.3) is 0 Å². The number of rotatable bonds is 4. The molecule has 1 rings (SSSR count). The number of hydrazone groups is 1. The molecule has 1 aromatic rings. The average Bonchev–Trinajstić information content (AvgIpc) is 2.38. The Kier molecular flexibility index (Phi) is 4.81. The van der Waals surface area contributed by atoms with Crippen molar-refractivity contribution in [3.05, 3.63) is 33.9 Å². The molecule has 0 saturated carbocycles. The lowest BCUT2D eigenvalue weighted by Gasteiger charge is -2.12. The van der Waals surface area contributed by atoms with Crippen molar-refractivity contribution in [2.45, 2.75) is 0 Å². The number of carbonyl (C=O) groups excluding carboxylic acids is 1. The number of ether oxygens (including phenoxy) is 1. The van der Waals surface area contributed by atoms with Gasteiger partial charge in [-0.3, -0.25) is 10.1 Å². The van der Waals surface area contributed by atoms with Crippen LogP contribution in [0.4, 0.5) is 16.2 Å². The molecule has 0 aliphatic rings. The van der Waals surface area contributed by atoms with Crippen LogP contribution >= 0.6 is 0 Å². The van der Waals surface area contributed by atoms with Gasteiger partial charge in [-0.2, -0.15) is 5.10 Å². The third-order valence-corrected chi connectivity index (χ3v) is 2.23. The first-order valence-corrected chi connectivity index (χ1v) is 5.28. The fraction of sp³-hybridized carbons (Fsp3) is 0.273. The summed E-state index contributed by atoms with van der Waals surface area (Å²) in [5.74, 6) is 0. The van der Waals surface area contributed by atoms with Gasteiger partial charge in [0.05, 0.1) is 18.2 Å². The van der Waals surface area contributed by atoms with E-state index in [0.29, 0.717) is 11.3 Å². The summed E-state index contributed by atoms with van der Waals surface area (Å²) in [4.78, 5) is 22.9. The lowest BCUT2D eigenvalue weighted by atomic mass is 10.2. The van der Waals surface area contributed by atoms with E-state index in [2.05, 4.69) is 15.3 Å². The predicted molar refractivity (Wildman–Crippen MR) is 70.6 cm³/mol. The summed E-state index contributed by atoms with van der Waals surface area (Å²) in [6, 6.07) is 4.64. The second kappa shape index (κ2) is 6.34. The number of methoxy groups -OCH3 is 1. The predicted octanol–water partition coefficient (Wildman–Crippen LogP) is 1.35. The monoisotopic (exact) mass is 266 g/mol. The Morgan fingerprint density at radius 3 is 2.74 bits per heavy atom. The Labute approximate surface area is 109 Å². The highest BCUT2D eigenvalue weighted by molar-refractivity contribution is 5.84. The number of carbonyl (C=O) groups is 1. The molecule has 0 radical (unpaired) electrons. The number of amides is 1. The molecule has 1 aromatic carbocycles. The zero-order valence-electron chi connectivity index (χ0n) is 10.8. The van der Waals surface area contributed by atoms with Gasteiger partial charge in [-0.25, -0.2) is 10.2 Å². The Morgan fingerprint density at radius 2 is 2.21 bits per heavy atom. The van der Waals surface area contributed by atoms with Gasteiger partial charge in [-0.05, 0) is 6.07 Å². The molecule has 19 heavy (non-hydrogen) atoms. The number of nitro benzene ring substituents is 1. The average molecular weight is 266 g/mol. The van der Waals surface area contributed by atoms with Crippen molar-refractivity contribution in [2.24, 2.45) is 5.10 Å². The van der Waals surface area contributed by atoms with Gasteiger partial charge in [0.15, 0.2) is 0 Å². The van der Waals surface area contributed by atoms with Crippen molar-refractivity contribution < 1.29 is 14.5 Å². The van der Waals surface area contributed by atoms with E-state index in [-0.39, 0.29) is 5.69 Å². The molecular weight excluding hydrogens is 252 g/mol. The highest BCUT2D eigenvalue weighted by atomic mass is 16.6. The number of nitro groups is 1. The van der Waals surface area contributed by atoms with Crippen LogP contribution in [-0.4, -0.2) is 38.4 Å². The minimum atomic E-state index is -0.712. The third-order valence-electron chi connectivity index (χ3n) is 2.23. The van der Waals surface area contributed by atoms with E-state index in [1.807, 2.05) is 0 Å². The summed E-state index contributed by atoms with van der Waals surface area (Å²) >= 11 is 0. The quantitative estimate of drug-likeness (QED) is 0.504. The van der Waals surface area contributed by atoms with Crippen LogP contribution in [0.15, 0.2) is 23.3 Å². The number of nitrogens with one attached hydrogen (secondary N) is 1. The lowest BCUT2D eigenvalue weighted by molar-refractivity contribution is -0.384. The molecule has 0 aliphatic carbocycles. The Hall–Kier alpha value is -2.64. The third kappa shape index (κ3) is 3.95. The number of nitrogens with zero attached hydrogens (tertiary/aromatic N) is 3. The largest absolute Gasteiger partial charge is 0.452 e. The van der Waals surface area contributed by atoms with Crippen molar-refractivity contribution in [2.75, 3.05) is 26.1 Å². The summed E-state index contributed by atoms with van der Waals surface area (Å²) in [5.41, 5.74) is 3.04. The molecule has 0 spiro atoms. The Morgan fingerprint density at radius 1 is 1.53 bits per heavy atom. The molecule has 0 saturated heterocycles. The smallest absolute Gasteiger partial charge is 0.427 e. The zero-order chi connectivity index (χ0) is 14.4. The minimum Gasteiger partial charge on any atom is -0.452 e. The molecule has 0 aromatic heterocycles. The maximum atomic E-state index is 11.0. The summed E-state index contributed by atoms with van der Waals surface area (Å²) in [7, 11) is 4.64. The number of hydrogen-bond donors (Lipinski definition) is 1. The van der Waals surface area contributed by atoms with Crippen LogP contribution < -0.4 is 10.3 Å². The van der Waals surface area contributed by atoms with Crippen LogP contribution in [0.2, 0.25) is 0 Å². The summed E-state index contributed by atoms with van der Waals surface area (Å²) in [5, 5.41) is 14.6. The minimum absolute atomic E-state index is 0.0352. The van der Waals surface area contributed by atoms with Gasteiger partial charge in [0.2, 0.25) is 0 Å². The maximum Gasteiger partial charge on any atom is 0.427 e. The van der Waals surface area contributed by atoms with Gasteiger partial charge in [0.1, 0.15) is 5.69 Å². The first kappa shape index (κ1) is 14.4. The first-order valence-electron chi connectivity index (χ1n) is 5.28. The van der Waals surface area contributed by atoms with Gasteiger partial charge in [0.25, 0.3) is 5.69 Å². The van der Waals surface area contributed by atoms with E-state index < -0.39 is 11.0 Å². The van der Waals surface area contributed by atoms with Crippen LogP contribution in [0, 0.1) is 10.1 Å². The van der Waals surface area contributed by atoms with E-state index >= 15 is 0 Å². The Balaban J connectivity index is 2.96. The zero-order valence-corrected chi connectivity index (χ0v) is 10.8. The molecule has 0 bridgehead atoms. The summed E-state index contributed by atoms with van der Waals surface area (Å²) < 4.78 is 4.32. The lowest BCUT2D eigenvalue weighted by Crippen LogP contribution is -2.16. The second-order valence-corrected chi connectivity index (χ2v) is 3.76. The highest BCUT2D eigenvalue weighted by Crippen LogP contribution is 2.26. The van der Waals surface area contributed by atoms with E-state index in [9.17, 15) is 14.9 Å². The topological polar surface area (TPSA) is 97.1 Å². The van der Waals surface area contributed by atoms with E-state index in [0.717, 1.165) is 0 Å². The van der Waals surface area contributed by atoms with Crippen molar-refractivity contribution in [1.82, 2.24) is 5.43 Å². The molecule has 0 aliphatic heterocycles. The maximum absolute atomic E-state index is 11.0. The fourth-order valence-corrected chi connectivity index (χ4v) is 1.35. The molecule has 0 fully saturated rings. The number of hydrogen-bond acceptors (Lipinski definition) is 6. The first-order chi connectivity index (χ1) is 8.95. The molecule has 1 N–H and O–H groups in total. The highest BCUT2D eigenvalue weighted by Gasteiger charge is 2.15. The van der Waals surface area contributed by atoms with Gasteiger partial charge in [-0.15, -0.1) is 0 Å². The number of anilines is 1. The fourth-order valence-electron chi connectivity index (χ4n) is 1.35. The van der Waals surface area contributed by atoms with Gasteiger partial charge >= 0.3 is 6.09 Å². The van der Waals surface area contributed by atoms with E-state index in [1.54, 1.807) is 31.1 Å². The number of benzene rings is 1. The van der Waals surface area contributed by atoms with Crippen molar-refractivity contribution in [3.63, 3.8) is 0 Å². The molecule has 0 heterocycles. The molecular formula is C11H14N4O4. The van der Waals surface area contributed by atoms with Gasteiger partial charge in [-0.1, -0.05) is 6.07 Å². The van der Waals surface area contributed by atoms with Crippen molar-refractivity contribution in [1.29, 1.82) is 0 Å². The van der Waals surface area contributed by atoms with Crippen LogP contribution in [0.1, 0.15) is 5.56 Å². The van der Waals surface area contributed by atoms with Crippen LogP contribution in [-0.2, 0) is 4.74 Å². The summed E-state index contributed by atoms with van der Waals surface area (Å²) in [6.07, 6.45) is 0.583. The molecule has 0 atom stereocenters. The van der Waals surface area contributed by atoms with Gasteiger partial charge in [0, 0.05) is 25.7 Å². The summed E-state index contributed by atoms with van der Waals surface area (Å²) in [6.45, 7) is 0.